The van der Waals surface area contributed by atoms with Crippen LogP contribution in [0.2, 0.25) is 0 Å². The number of likely N-dealkylation sites (N-methyl/N-ethyl adjacent to an activating group) is 1. The number of hydrogen-bond acceptors (Lipinski definition) is 10. The summed E-state index contributed by atoms with van der Waals surface area (Å²) in [6.45, 7) is 6.11. The van der Waals surface area contributed by atoms with E-state index in [4.69, 9.17) is 14.2 Å². The molecule has 3 saturated carbocycles. The van der Waals surface area contributed by atoms with Crippen molar-refractivity contribution >= 4 is 17.4 Å². The van der Waals surface area contributed by atoms with Gasteiger partial charge in [-0.2, -0.15) is 0 Å². The normalized spacial score (nSPS) is 27.3. The number of carbonyl (C=O) groups excluding carboxylic acids is 1. The number of allylic oxidation sites excluding steroid dienone is 2. The van der Waals surface area contributed by atoms with Crippen LogP contribution in [0, 0.1) is 35.1 Å². The smallest absolute Gasteiger partial charge is 0.207 e. The number of fused-ring (bicyclic) bond motifs is 4. The maximum atomic E-state index is 15.1. The summed E-state index contributed by atoms with van der Waals surface area (Å²) in [5, 5.41) is 45.3. The molecule has 3 aliphatic carbocycles. The van der Waals surface area contributed by atoms with E-state index in [9.17, 15) is 15.3 Å². The van der Waals surface area contributed by atoms with Crippen molar-refractivity contribution in [1.29, 1.82) is 0 Å². The SMILES string of the molecule is CCCCC[C@@H]1/C=C\C(=O)[C@]2(Cc3ccc(O)c(OC)c3)CCC[C@H]2CC#CNC(=NC)Nc2cc(cc(O[C@]3(CNC)CC[C@H](CCOCNC[C@H](C)O)C3)c2O)C12CCCC2. The summed E-state index contributed by atoms with van der Waals surface area (Å²) >= 11 is 0. The molecule has 0 unspecified atom stereocenters. The Labute approximate surface area is 376 Å². The molecule has 0 saturated heterocycles. The molecule has 6 atom stereocenters. The number of methoxy groups -OCH3 is 1. The first-order valence-electron chi connectivity index (χ1n) is 23.7. The predicted molar refractivity (Wildman–Crippen MR) is 250 cm³/mol. The van der Waals surface area contributed by atoms with Crippen LogP contribution in [0.3, 0.4) is 0 Å². The van der Waals surface area contributed by atoms with Gasteiger partial charge in [-0.25, -0.2) is 0 Å². The lowest BCUT2D eigenvalue weighted by atomic mass is 9.65. The molecular weight excluding hydrogens is 795 g/mol. The third kappa shape index (κ3) is 11.7. The summed E-state index contributed by atoms with van der Waals surface area (Å²) in [5.74, 6) is 5.36. The van der Waals surface area contributed by atoms with Gasteiger partial charge < -0.3 is 40.2 Å². The molecule has 7 N–H and O–H groups in total. The number of anilines is 1. The number of unbranched alkanes of at least 4 members (excludes halogenated alkanes) is 2. The minimum atomic E-state index is -0.657. The van der Waals surface area contributed by atoms with Gasteiger partial charge in [0, 0.05) is 50.0 Å². The van der Waals surface area contributed by atoms with Crippen LogP contribution < -0.4 is 30.7 Å². The fourth-order valence-corrected chi connectivity index (χ4v) is 11.3. The van der Waals surface area contributed by atoms with E-state index in [0.717, 1.165) is 107 Å². The topological polar surface area (TPSA) is 166 Å². The van der Waals surface area contributed by atoms with Crippen LogP contribution in [0.5, 0.6) is 23.0 Å². The molecule has 4 aliphatic rings. The Morgan fingerprint density at radius 2 is 1.86 bits per heavy atom. The average molecular weight is 870 g/mol. The van der Waals surface area contributed by atoms with E-state index in [-0.39, 0.29) is 34.5 Å². The molecule has 1 spiro atoms. The van der Waals surface area contributed by atoms with E-state index in [1.54, 1.807) is 27.1 Å². The van der Waals surface area contributed by atoms with Crippen molar-refractivity contribution in [3.05, 3.63) is 53.6 Å². The van der Waals surface area contributed by atoms with Crippen LogP contribution in [0.25, 0.3) is 0 Å². The quantitative estimate of drug-likeness (QED) is 0.0335. The minimum absolute atomic E-state index is 0.0326. The number of guanidine groups is 1. The number of phenols is 2. The van der Waals surface area contributed by atoms with Crippen LogP contribution in [-0.2, 0) is 21.4 Å². The zero-order valence-electron chi connectivity index (χ0n) is 38.6. The third-order valence-corrected chi connectivity index (χ3v) is 14.6. The number of phenolic OH excluding ortho intramolecular Hbond substituents is 2. The lowest BCUT2D eigenvalue weighted by Crippen LogP contribution is -2.43. The Kier molecular flexibility index (Phi) is 17.3. The highest BCUT2D eigenvalue weighted by Gasteiger charge is 2.48. The summed E-state index contributed by atoms with van der Waals surface area (Å²) in [4.78, 5) is 19.6. The highest BCUT2D eigenvalue weighted by Crippen LogP contribution is 2.54. The molecule has 1 heterocycles. The fourth-order valence-electron chi connectivity index (χ4n) is 11.3. The molecule has 2 bridgehead atoms. The molecule has 63 heavy (non-hydrogen) atoms. The Morgan fingerprint density at radius 1 is 1.03 bits per heavy atom. The molecule has 0 amide bonds. The van der Waals surface area contributed by atoms with E-state index in [1.807, 2.05) is 25.3 Å². The molecule has 0 radical (unpaired) electrons. The van der Waals surface area contributed by atoms with Gasteiger partial charge in [-0.3, -0.25) is 20.4 Å². The Morgan fingerprint density at radius 3 is 2.60 bits per heavy atom. The summed E-state index contributed by atoms with van der Waals surface area (Å²) in [6.07, 6.45) is 19.2. The predicted octanol–water partition coefficient (Wildman–Crippen LogP) is 8.09. The lowest BCUT2D eigenvalue weighted by Gasteiger charge is -2.39. The van der Waals surface area contributed by atoms with Gasteiger partial charge in [0.15, 0.2) is 28.8 Å². The highest BCUT2D eigenvalue weighted by molar-refractivity contribution is 5.97. The fraction of sp³-hybridized carbons (Fsp3) is 0.647. The van der Waals surface area contributed by atoms with Gasteiger partial charge in [0.05, 0.1) is 25.6 Å². The molecule has 6 rings (SSSR count). The Balaban J connectivity index is 1.39. The number of hydrogen-bond donors (Lipinski definition) is 7. The molecule has 2 aromatic rings. The summed E-state index contributed by atoms with van der Waals surface area (Å²) in [7, 11) is 5.20. The maximum absolute atomic E-state index is 15.1. The number of carbonyl (C=O) groups is 1. The van der Waals surface area contributed by atoms with Crippen LogP contribution in [0.4, 0.5) is 5.69 Å². The second-order valence-corrected chi connectivity index (χ2v) is 18.9. The van der Waals surface area contributed by atoms with Gasteiger partial charge in [0.2, 0.25) is 5.96 Å². The maximum Gasteiger partial charge on any atom is 0.207 e. The van der Waals surface area contributed by atoms with Gasteiger partial charge in [-0.1, -0.05) is 63.5 Å². The monoisotopic (exact) mass is 870 g/mol. The van der Waals surface area contributed by atoms with Crippen LogP contribution in [0.1, 0.15) is 128 Å². The number of aliphatic hydroxyl groups is 1. The molecular formula is C51H75N5O7. The van der Waals surface area contributed by atoms with Crippen molar-refractivity contribution < 1.29 is 34.3 Å². The molecule has 346 valence electrons. The molecule has 12 nitrogen and oxygen atoms in total. The van der Waals surface area contributed by atoms with E-state index in [1.165, 1.54) is 0 Å². The minimum Gasteiger partial charge on any atom is -0.504 e. The first kappa shape index (κ1) is 48.2. The number of aromatic hydroxyl groups is 2. The van der Waals surface area contributed by atoms with Crippen LogP contribution >= 0.6 is 0 Å². The zero-order chi connectivity index (χ0) is 44.9. The number of aliphatic imine (C=N–C) groups is 1. The first-order chi connectivity index (χ1) is 30.5. The number of nitrogens with one attached hydrogen (secondary N) is 4. The summed E-state index contributed by atoms with van der Waals surface area (Å²) in [6, 6.07) is 12.7. The highest BCUT2D eigenvalue weighted by atomic mass is 16.5. The van der Waals surface area contributed by atoms with Crippen LogP contribution in [0.15, 0.2) is 47.5 Å². The van der Waals surface area contributed by atoms with Crippen molar-refractivity contribution in [2.45, 2.75) is 140 Å². The zero-order valence-corrected chi connectivity index (χ0v) is 38.6. The number of rotatable bonds is 18. The van der Waals surface area contributed by atoms with E-state index in [2.05, 4.69) is 63.4 Å². The van der Waals surface area contributed by atoms with Crippen molar-refractivity contribution in [1.82, 2.24) is 16.0 Å². The van der Waals surface area contributed by atoms with Gasteiger partial charge in [-0.15, -0.1) is 0 Å². The van der Waals surface area contributed by atoms with E-state index < -0.39 is 17.1 Å². The third-order valence-electron chi connectivity index (χ3n) is 14.6. The lowest BCUT2D eigenvalue weighted by molar-refractivity contribution is -0.125. The van der Waals surface area contributed by atoms with Gasteiger partial charge in [0.25, 0.3) is 0 Å². The number of ketones is 1. The van der Waals surface area contributed by atoms with E-state index >= 15 is 4.79 Å². The molecule has 0 aromatic heterocycles. The molecule has 2 aromatic carbocycles. The molecule has 3 fully saturated rings. The molecule has 12 heteroatoms. The van der Waals surface area contributed by atoms with Gasteiger partial charge in [0.1, 0.15) is 5.60 Å². The largest absolute Gasteiger partial charge is 0.504 e. The molecule has 1 aliphatic heterocycles. The summed E-state index contributed by atoms with van der Waals surface area (Å²) < 4.78 is 18.5. The Bertz CT molecular complexity index is 1950. The number of benzene rings is 2. The van der Waals surface area contributed by atoms with Crippen molar-refractivity contribution in [3.8, 4) is 35.0 Å². The van der Waals surface area contributed by atoms with Crippen LogP contribution in [-0.4, -0.2) is 86.4 Å². The Hall–Kier alpha value is -4.28. The van der Waals surface area contributed by atoms with Gasteiger partial charge in [-0.05, 0) is 137 Å². The van der Waals surface area contributed by atoms with Gasteiger partial charge >= 0.3 is 0 Å². The van der Waals surface area contributed by atoms with Crippen molar-refractivity contribution in [2.24, 2.45) is 28.2 Å². The van der Waals surface area contributed by atoms with Crippen molar-refractivity contribution in [2.75, 3.05) is 52.9 Å². The number of aliphatic hydroxyl groups excluding tert-OH is 1. The summed E-state index contributed by atoms with van der Waals surface area (Å²) in [5.41, 5.74) is 1.08. The first-order valence-corrected chi connectivity index (χ1v) is 23.7. The second kappa shape index (κ2) is 22.6. The van der Waals surface area contributed by atoms with Crippen molar-refractivity contribution in [3.63, 3.8) is 0 Å². The van der Waals surface area contributed by atoms with E-state index in [0.29, 0.717) is 68.3 Å². The standard InChI is InChI=1S/C51H75N5O7/c1-6-7-8-13-40-17-19-46(59)51(32-38-16-18-43(58)44(28-38)61-5)24-11-14-39(51)15-12-26-55-48(53-4)56-42-29-41(50(40)22-9-10-23-50)30-45(47(42)60)63-49(34-52-3)25-20-37(31-49)21-27-62-35-54-33-36(2)57/h16-19,28-30,36-37,39-40,52,54,57-58,60H,6-11,13-15,20-25,27,31-35H2,1-5H3,(H2,53,55,56)/b19-17-/t36-,37+,39-,40+,49+,51-/m0/s1. The average Bonchev–Trinajstić information content (AvgIpc) is 4.03. The number of nitrogens with zero attached hydrogens (tertiary/aromatic N) is 1. The number of ether oxygens (including phenoxy) is 3. The second-order valence-electron chi connectivity index (χ2n) is 18.9.